The minimum absolute atomic E-state index is 0.0135. The number of fused-ring (bicyclic) bond motifs is 7. The first-order valence-electron chi connectivity index (χ1n) is 14.6. The molecule has 2 aromatic rings. The lowest BCUT2D eigenvalue weighted by atomic mass is 9.81. The van der Waals surface area contributed by atoms with Crippen LogP contribution in [0.15, 0.2) is 42.1 Å². The predicted octanol–water partition coefficient (Wildman–Crippen LogP) is 5.54. The number of carbonyl (C=O) groups is 2. The molecule has 0 N–H and O–H groups in total. The van der Waals surface area contributed by atoms with Gasteiger partial charge in [0, 0.05) is 36.4 Å². The van der Waals surface area contributed by atoms with Gasteiger partial charge in [-0.2, -0.15) is 0 Å². The molecule has 2 unspecified atom stereocenters. The number of benzene rings is 1. The van der Waals surface area contributed by atoms with Crippen molar-refractivity contribution in [2.75, 3.05) is 26.2 Å². The van der Waals surface area contributed by atoms with Crippen LogP contribution in [0.2, 0.25) is 5.02 Å². The number of aryl methyl sites for hydroxylation is 2. The molecule has 6 heteroatoms. The van der Waals surface area contributed by atoms with Crippen LogP contribution in [0.1, 0.15) is 67.3 Å². The monoisotopic (exact) mass is 529 g/mol. The zero-order valence-electron chi connectivity index (χ0n) is 22.0. The summed E-state index contributed by atoms with van der Waals surface area (Å²) in [5.74, 6) is 1.25. The maximum atomic E-state index is 13.0. The number of imide groups is 1. The van der Waals surface area contributed by atoms with E-state index >= 15 is 0 Å². The summed E-state index contributed by atoms with van der Waals surface area (Å²) < 4.78 is 0. The molecule has 5 nitrogen and oxygen atoms in total. The molecule has 2 aliphatic heterocycles. The second-order valence-corrected chi connectivity index (χ2v) is 12.5. The van der Waals surface area contributed by atoms with Gasteiger partial charge in [0.25, 0.3) is 0 Å². The van der Waals surface area contributed by atoms with Gasteiger partial charge in [0.1, 0.15) is 0 Å². The number of nitrogens with zero attached hydrogens (tertiary/aromatic N) is 3. The number of piperidine rings is 1. The summed E-state index contributed by atoms with van der Waals surface area (Å²) in [6, 6.07) is 10.6. The fourth-order valence-electron chi connectivity index (χ4n) is 8.23. The summed E-state index contributed by atoms with van der Waals surface area (Å²) >= 11 is 6.37. The fraction of sp³-hybridized carbons (Fsp3) is 0.531. The van der Waals surface area contributed by atoms with E-state index in [-0.39, 0.29) is 23.7 Å². The molecule has 0 radical (unpaired) electrons. The van der Waals surface area contributed by atoms with Crippen LogP contribution in [-0.2, 0) is 22.4 Å². The molecular formula is C32H36ClN3O2. The minimum Gasteiger partial charge on any atom is -0.303 e. The highest BCUT2D eigenvalue weighted by Crippen LogP contribution is 2.56. The quantitative estimate of drug-likeness (QED) is 0.377. The zero-order valence-corrected chi connectivity index (χ0v) is 22.8. The average molecular weight is 530 g/mol. The first kappa shape index (κ1) is 24.5. The zero-order chi connectivity index (χ0) is 25.8. The first-order valence-corrected chi connectivity index (χ1v) is 15.0. The number of carbonyl (C=O) groups excluding carboxylic acids is 2. The Morgan fingerprint density at radius 2 is 1.58 bits per heavy atom. The van der Waals surface area contributed by atoms with E-state index in [1.54, 1.807) is 4.90 Å². The Bertz CT molecular complexity index is 1280. The summed E-state index contributed by atoms with van der Waals surface area (Å²) in [5.41, 5.74) is 7.93. The van der Waals surface area contributed by atoms with Crippen LogP contribution in [-0.4, -0.2) is 52.8 Å². The molecule has 2 saturated heterocycles. The Morgan fingerprint density at radius 3 is 2.34 bits per heavy atom. The summed E-state index contributed by atoms with van der Waals surface area (Å²) in [5, 5.41) is 0.801. The van der Waals surface area contributed by atoms with E-state index in [1.807, 2.05) is 18.3 Å². The third-order valence-electron chi connectivity index (χ3n) is 10.1. The number of unbranched alkanes of at least 4 members (excludes halogenated alkanes) is 1. The normalized spacial score (nSPS) is 28.5. The highest BCUT2D eigenvalue weighted by Gasteiger charge is 2.60. The van der Waals surface area contributed by atoms with Gasteiger partial charge in [-0.25, -0.2) is 0 Å². The molecule has 2 amide bonds. The van der Waals surface area contributed by atoms with E-state index < -0.39 is 0 Å². The van der Waals surface area contributed by atoms with E-state index in [4.69, 9.17) is 16.6 Å². The van der Waals surface area contributed by atoms with Gasteiger partial charge < -0.3 is 4.90 Å². The topological polar surface area (TPSA) is 53.5 Å². The number of pyridine rings is 1. The van der Waals surface area contributed by atoms with Gasteiger partial charge >= 0.3 is 0 Å². The van der Waals surface area contributed by atoms with Gasteiger partial charge in [-0.05, 0) is 111 Å². The van der Waals surface area contributed by atoms with Gasteiger partial charge in [-0.1, -0.05) is 29.3 Å². The molecule has 2 bridgehead atoms. The Morgan fingerprint density at radius 1 is 0.868 bits per heavy atom. The highest BCUT2D eigenvalue weighted by molar-refractivity contribution is 6.30. The van der Waals surface area contributed by atoms with Crippen LogP contribution >= 0.6 is 11.6 Å². The summed E-state index contributed by atoms with van der Waals surface area (Å²) in [7, 11) is 0. The Labute approximate surface area is 230 Å². The molecule has 198 valence electrons. The second kappa shape index (κ2) is 9.91. The van der Waals surface area contributed by atoms with Crippen molar-refractivity contribution in [3.05, 3.63) is 69.5 Å². The van der Waals surface area contributed by atoms with Crippen molar-refractivity contribution in [1.82, 2.24) is 14.8 Å². The van der Waals surface area contributed by atoms with E-state index in [1.165, 1.54) is 27.8 Å². The van der Waals surface area contributed by atoms with Crippen molar-refractivity contribution < 1.29 is 9.59 Å². The third kappa shape index (κ3) is 4.14. The van der Waals surface area contributed by atoms with Crippen molar-refractivity contribution in [3.8, 4) is 0 Å². The lowest BCUT2D eigenvalue weighted by Gasteiger charge is -2.30. The number of likely N-dealkylation sites (tertiary alicyclic amines) is 2. The highest BCUT2D eigenvalue weighted by atomic mass is 35.5. The van der Waals surface area contributed by atoms with E-state index in [0.717, 1.165) is 88.1 Å². The molecule has 1 aromatic carbocycles. The van der Waals surface area contributed by atoms with E-state index in [0.29, 0.717) is 18.4 Å². The number of rotatable bonds is 5. The maximum absolute atomic E-state index is 13.0. The van der Waals surface area contributed by atoms with Gasteiger partial charge in [0.2, 0.25) is 11.8 Å². The predicted molar refractivity (Wildman–Crippen MR) is 149 cm³/mol. The minimum atomic E-state index is 0.0135. The molecule has 4 fully saturated rings. The summed E-state index contributed by atoms with van der Waals surface area (Å²) in [4.78, 5) is 35.0. The molecule has 7 rings (SSSR count). The Hall–Kier alpha value is -2.50. The SMILES string of the molecule is O=C1C2C(C(=O)N1CCCCN1CCC(=C3c4ccc(Cl)cc4CCc4cccnc43)CC1)[C@H]1CC[C@@H]2C1. The van der Waals surface area contributed by atoms with Crippen LogP contribution in [0.4, 0.5) is 0 Å². The molecule has 2 saturated carbocycles. The van der Waals surface area contributed by atoms with Crippen LogP contribution in [0.5, 0.6) is 0 Å². The summed E-state index contributed by atoms with van der Waals surface area (Å²) in [6.45, 7) is 3.71. The molecule has 1 aromatic heterocycles. The smallest absolute Gasteiger partial charge is 0.233 e. The largest absolute Gasteiger partial charge is 0.303 e. The lowest BCUT2D eigenvalue weighted by Crippen LogP contribution is -2.35. The van der Waals surface area contributed by atoms with Gasteiger partial charge in [-0.15, -0.1) is 0 Å². The van der Waals surface area contributed by atoms with Crippen LogP contribution in [0, 0.1) is 23.7 Å². The first-order chi connectivity index (χ1) is 18.6. The number of amides is 2. The molecule has 3 aliphatic carbocycles. The maximum Gasteiger partial charge on any atom is 0.233 e. The molecule has 3 heterocycles. The number of hydrogen-bond acceptors (Lipinski definition) is 4. The standard InChI is InChI=1S/C32H36ClN3O2/c33-25-9-10-26-22(19-25)6-5-21-4-3-13-34-30(21)27(26)20-11-16-35(17-12-20)14-1-2-15-36-31(37)28-23-7-8-24(18-23)29(28)32(36)38/h3-4,9-10,13,19,23-24,28-29H,1-2,5-8,11-12,14-18H2/t23-,24+,28?,29?. The average Bonchev–Trinajstić information content (AvgIpc) is 3.59. The fourth-order valence-corrected chi connectivity index (χ4v) is 8.42. The van der Waals surface area contributed by atoms with E-state index in [2.05, 4.69) is 23.1 Å². The summed E-state index contributed by atoms with van der Waals surface area (Å²) in [6.07, 6.45) is 11.3. The van der Waals surface area contributed by atoms with Crippen LogP contribution < -0.4 is 0 Å². The van der Waals surface area contributed by atoms with Gasteiger partial charge in [0.15, 0.2) is 0 Å². The molecule has 0 spiro atoms. The number of hydrogen-bond donors (Lipinski definition) is 0. The third-order valence-corrected chi connectivity index (χ3v) is 10.3. The molecule has 4 atom stereocenters. The lowest BCUT2D eigenvalue weighted by molar-refractivity contribution is -0.140. The van der Waals surface area contributed by atoms with Crippen molar-refractivity contribution in [2.45, 2.75) is 57.8 Å². The van der Waals surface area contributed by atoms with Crippen LogP contribution in [0.25, 0.3) is 5.57 Å². The van der Waals surface area contributed by atoms with Gasteiger partial charge in [-0.3, -0.25) is 19.5 Å². The number of halogens is 1. The Kier molecular flexibility index (Phi) is 6.40. The molecule has 38 heavy (non-hydrogen) atoms. The Balaban J connectivity index is 0.986. The molecule has 5 aliphatic rings. The van der Waals surface area contributed by atoms with Crippen molar-refractivity contribution >= 4 is 29.0 Å². The van der Waals surface area contributed by atoms with Gasteiger partial charge in [0.05, 0.1) is 17.5 Å². The van der Waals surface area contributed by atoms with E-state index in [9.17, 15) is 9.59 Å². The second-order valence-electron chi connectivity index (χ2n) is 12.1. The van der Waals surface area contributed by atoms with Crippen molar-refractivity contribution in [1.29, 1.82) is 0 Å². The number of aromatic nitrogens is 1. The van der Waals surface area contributed by atoms with Crippen LogP contribution in [0.3, 0.4) is 0 Å². The van der Waals surface area contributed by atoms with Crippen molar-refractivity contribution in [2.24, 2.45) is 23.7 Å². The van der Waals surface area contributed by atoms with Crippen molar-refractivity contribution in [3.63, 3.8) is 0 Å². The molecular weight excluding hydrogens is 494 g/mol.